The van der Waals surface area contributed by atoms with Crippen molar-refractivity contribution in [3.8, 4) is 11.4 Å². The Hall–Kier alpha value is -3.06. The lowest BCUT2D eigenvalue weighted by Crippen LogP contribution is -2.29. The molecule has 2 heterocycles. The first-order chi connectivity index (χ1) is 12.7. The number of likely N-dealkylation sites (N-methyl/N-ethyl adjacent to an activating group) is 1. The molecule has 2 aromatic carbocycles. The fourth-order valence-corrected chi connectivity index (χ4v) is 3.36. The zero-order valence-corrected chi connectivity index (χ0v) is 15.1. The second-order valence-electron chi connectivity index (χ2n) is 6.08. The van der Waals surface area contributed by atoms with Gasteiger partial charge in [0.15, 0.2) is 0 Å². The summed E-state index contributed by atoms with van der Waals surface area (Å²) in [6.07, 6.45) is 3.56. The zero-order valence-electron chi connectivity index (χ0n) is 14.2. The fraction of sp³-hybridized carbons (Fsp3) is 0.158. The molecule has 0 aliphatic carbocycles. The highest BCUT2D eigenvalue weighted by atomic mass is 32.1. The van der Waals surface area contributed by atoms with Crippen molar-refractivity contribution in [3.05, 3.63) is 66.5 Å². The summed E-state index contributed by atoms with van der Waals surface area (Å²) < 4.78 is 10.3. The Bertz CT molecular complexity index is 1040. The highest BCUT2D eigenvalue weighted by Crippen LogP contribution is 2.18. The van der Waals surface area contributed by atoms with Gasteiger partial charge in [0.05, 0.1) is 11.7 Å². The summed E-state index contributed by atoms with van der Waals surface area (Å²) in [4.78, 5) is 18.8. The van der Waals surface area contributed by atoms with Gasteiger partial charge in [-0.2, -0.15) is 8.75 Å². The third-order valence-corrected chi connectivity index (χ3v) is 4.77. The van der Waals surface area contributed by atoms with Crippen LogP contribution in [0, 0.1) is 0 Å². The van der Waals surface area contributed by atoms with Crippen LogP contribution in [0.5, 0.6) is 0 Å². The van der Waals surface area contributed by atoms with Gasteiger partial charge >= 0.3 is 0 Å². The van der Waals surface area contributed by atoms with Crippen LogP contribution in [0.4, 0.5) is 0 Å². The van der Waals surface area contributed by atoms with E-state index in [2.05, 4.69) is 13.7 Å². The lowest BCUT2D eigenvalue weighted by molar-refractivity contribution is -0.131. The molecule has 0 unspecified atom stereocenters. The van der Waals surface area contributed by atoms with Crippen LogP contribution in [0.2, 0.25) is 0 Å². The Morgan fingerprint density at radius 2 is 1.92 bits per heavy atom. The van der Waals surface area contributed by atoms with Gasteiger partial charge in [0.25, 0.3) is 0 Å². The smallest absolute Gasteiger partial charge is 0.242 e. The monoisotopic (exact) mass is 363 g/mol. The van der Waals surface area contributed by atoms with Crippen LogP contribution in [-0.4, -0.2) is 36.2 Å². The average Bonchev–Trinajstić information content (AvgIpc) is 3.31. The quantitative estimate of drug-likeness (QED) is 0.546. The highest BCUT2D eigenvalue weighted by molar-refractivity contribution is 7.00. The van der Waals surface area contributed by atoms with E-state index in [1.165, 1.54) is 11.7 Å². The summed E-state index contributed by atoms with van der Waals surface area (Å²) in [5.41, 5.74) is 3.79. The maximum absolute atomic E-state index is 12.7. The van der Waals surface area contributed by atoms with Crippen molar-refractivity contribution >= 4 is 28.7 Å². The van der Waals surface area contributed by atoms with Crippen molar-refractivity contribution < 1.29 is 4.79 Å². The number of rotatable bonds is 5. The standard InChI is InChI=1S/C19H17N5OS/c1-23(12-14-7-8-16-17(11-14)22-26-21-16)18(25)13-24-10-9-20-19(24)15-5-3-2-4-6-15/h2-11H,12-13H2,1H3. The van der Waals surface area contributed by atoms with Crippen LogP contribution in [0.1, 0.15) is 5.56 Å². The largest absolute Gasteiger partial charge is 0.340 e. The average molecular weight is 363 g/mol. The van der Waals surface area contributed by atoms with Gasteiger partial charge in [-0.3, -0.25) is 4.79 Å². The summed E-state index contributed by atoms with van der Waals surface area (Å²) >= 11 is 1.20. The lowest BCUT2D eigenvalue weighted by Gasteiger charge is -2.18. The first-order valence-corrected chi connectivity index (χ1v) is 8.95. The second-order valence-corrected chi connectivity index (χ2v) is 6.61. The third-order valence-electron chi connectivity index (χ3n) is 4.22. The van der Waals surface area contributed by atoms with Gasteiger partial charge in [0.1, 0.15) is 23.4 Å². The lowest BCUT2D eigenvalue weighted by atomic mass is 10.2. The van der Waals surface area contributed by atoms with Gasteiger partial charge in [0.2, 0.25) is 5.91 Å². The zero-order chi connectivity index (χ0) is 17.9. The van der Waals surface area contributed by atoms with Gasteiger partial charge in [-0.05, 0) is 17.7 Å². The predicted molar refractivity (Wildman–Crippen MR) is 102 cm³/mol. The topological polar surface area (TPSA) is 63.9 Å². The van der Waals surface area contributed by atoms with E-state index in [0.717, 1.165) is 28.0 Å². The Kier molecular flexibility index (Phi) is 4.45. The maximum Gasteiger partial charge on any atom is 0.242 e. The molecule has 2 aromatic heterocycles. The number of hydrogen-bond acceptors (Lipinski definition) is 5. The van der Waals surface area contributed by atoms with Crippen LogP contribution >= 0.6 is 11.7 Å². The van der Waals surface area contributed by atoms with Crippen molar-refractivity contribution in [1.82, 2.24) is 23.2 Å². The number of carbonyl (C=O) groups is 1. The van der Waals surface area contributed by atoms with E-state index in [1.54, 1.807) is 11.1 Å². The second kappa shape index (κ2) is 7.05. The van der Waals surface area contributed by atoms with Crippen molar-refractivity contribution in [1.29, 1.82) is 0 Å². The molecular formula is C19H17N5OS. The number of hydrogen-bond donors (Lipinski definition) is 0. The molecule has 0 fully saturated rings. The van der Waals surface area contributed by atoms with Crippen molar-refractivity contribution in [3.63, 3.8) is 0 Å². The van der Waals surface area contributed by atoms with E-state index >= 15 is 0 Å². The minimum Gasteiger partial charge on any atom is -0.340 e. The number of nitrogens with zero attached hydrogens (tertiary/aromatic N) is 5. The Morgan fingerprint density at radius 3 is 2.77 bits per heavy atom. The first-order valence-electron chi connectivity index (χ1n) is 8.22. The van der Waals surface area contributed by atoms with Crippen molar-refractivity contribution in [2.24, 2.45) is 0 Å². The summed E-state index contributed by atoms with van der Waals surface area (Å²) in [5, 5.41) is 0. The van der Waals surface area contributed by atoms with Crippen LogP contribution < -0.4 is 0 Å². The molecular weight excluding hydrogens is 346 g/mol. The number of amides is 1. The molecule has 0 saturated heterocycles. The minimum atomic E-state index is 0.0247. The molecule has 130 valence electrons. The molecule has 7 heteroatoms. The number of benzene rings is 2. The Morgan fingerprint density at radius 1 is 1.12 bits per heavy atom. The van der Waals surface area contributed by atoms with Gasteiger partial charge in [-0.25, -0.2) is 4.98 Å². The summed E-state index contributed by atoms with van der Waals surface area (Å²) in [5.74, 6) is 0.819. The number of carbonyl (C=O) groups excluding carboxylic acids is 1. The van der Waals surface area contributed by atoms with Gasteiger partial charge < -0.3 is 9.47 Å². The minimum absolute atomic E-state index is 0.0247. The van der Waals surface area contributed by atoms with Gasteiger partial charge in [0, 0.05) is 31.5 Å². The molecule has 0 atom stereocenters. The number of fused-ring (bicyclic) bond motifs is 1. The van der Waals surface area contributed by atoms with Crippen LogP contribution in [0.25, 0.3) is 22.4 Å². The van der Waals surface area contributed by atoms with E-state index < -0.39 is 0 Å². The molecule has 0 aliphatic heterocycles. The molecule has 26 heavy (non-hydrogen) atoms. The van der Waals surface area contributed by atoms with E-state index in [0.29, 0.717) is 6.54 Å². The van der Waals surface area contributed by atoms with Crippen molar-refractivity contribution in [2.75, 3.05) is 7.05 Å². The molecule has 0 saturated carbocycles. The fourth-order valence-electron chi connectivity index (χ4n) is 2.84. The van der Waals surface area contributed by atoms with E-state index in [-0.39, 0.29) is 12.5 Å². The third kappa shape index (κ3) is 3.34. The van der Waals surface area contributed by atoms with Crippen LogP contribution in [0.3, 0.4) is 0 Å². The normalized spacial score (nSPS) is 11.0. The maximum atomic E-state index is 12.7. The molecule has 4 aromatic rings. The van der Waals surface area contributed by atoms with Crippen molar-refractivity contribution in [2.45, 2.75) is 13.1 Å². The summed E-state index contributed by atoms with van der Waals surface area (Å²) in [7, 11) is 1.81. The van der Waals surface area contributed by atoms with E-state index in [4.69, 9.17) is 0 Å². The van der Waals surface area contributed by atoms with Crippen LogP contribution in [0.15, 0.2) is 60.9 Å². The molecule has 0 spiro atoms. The number of aromatic nitrogens is 4. The summed E-state index contributed by atoms with van der Waals surface area (Å²) in [6, 6.07) is 15.8. The Labute approximate surface area is 155 Å². The molecule has 0 N–H and O–H groups in total. The van der Waals surface area contributed by atoms with Crippen LogP contribution in [-0.2, 0) is 17.9 Å². The van der Waals surface area contributed by atoms with E-state index in [1.807, 2.05) is 66.3 Å². The molecule has 0 aliphatic rings. The molecule has 4 rings (SSSR count). The Balaban J connectivity index is 1.47. The molecule has 6 nitrogen and oxygen atoms in total. The first kappa shape index (κ1) is 16.4. The van der Waals surface area contributed by atoms with E-state index in [9.17, 15) is 4.79 Å². The van der Waals surface area contributed by atoms with Gasteiger partial charge in [-0.1, -0.05) is 36.4 Å². The molecule has 1 amide bonds. The predicted octanol–water partition coefficient (Wildman–Crippen LogP) is 3.21. The summed E-state index contributed by atoms with van der Waals surface area (Å²) in [6.45, 7) is 0.781. The SMILES string of the molecule is CN(Cc1ccc2nsnc2c1)C(=O)Cn1ccnc1-c1ccccc1. The number of imidazole rings is 1. The molecule has 0 radical (unpaired) electrons. The van der Waals surface area contributed by atoms with Gasteiger partial charge in [-0.15, -0.1) is 0 Å². The molecule has 0 bridgehead atoms. The highest BCUT2D eigenvalue weighted by Gasteiger charge is 2.14.